The minimum absolute atomic E-state index is 0.112. The predicted molar refractivity (Wildman–Crippen MR) is 115 cm³/mol. The van der Waals surface area contributed by atoms with Crippen LogP contribution < -0.4 is 10.1 Å². The van der Waals surface area contributed by atoms with Crippen LogP contribution in [0.25, 0.3) is 0 Å². The highest BCUT2D eigenvalue weighted by atomic mass is 16.5. The summed E-state index contributed by atoms with van der Waals surface area (Å²) in [5, 5.41) is 2.65. The van der Waals surface area contributed by atoms with Crippen LogP contribution in [0.2, 0.25) is 0 Å². The maximum Gasteiger partial charge on any atom is 0.408 e. The van der Waals surface area contributed by atoms with Crippen molar-refractivity contribution in [1.29, 1.82) is 0 Å². The molecule has 3 rings (SSSR count). The molecule has 3 aromatic rings. The number of carbonyl (C=O) groups is 2. The van der Waals surface area contributed by atoms with Gasteiger partial charge in [0.2, 0.25) is 0 Å². The van der Waals surface area contributed by atoms with Crippen molar-refractivity contribution < 1.29 is 19.1 Å². The number of Topliss-reactive ketones (excluding diaryl/α,β-unsaturated/α-hetero) is 1. The Morgan fingerprint density at radius 2 is 1.33 bits per heavy atom. The van der Waals surface area contributed by atoms with Crippen LogP contribution in [-0.4, -0.2) is 17.9 Å². The highest BCUT2D eigenvalue weighted by molar-refractivity contribution is 5.85. The fraction of sp³-hybridized carbons (Fsp3) is 0.200. The first-order chi connectivity index (χ1) is 14.6. The first-order valence-corrected chi connectivity index (χ1v) is 9.83. The number of amides is 1. The molecule has 0 saturated carbocycles. The topological polar surface area (TPSA) is 64.6 Å². The number of alkyl carbamates (subject to hydrolysis) is 1. The van der Waals surface area contributed by atoms with Crippen LogP contribution in [0.4, 0.5) is 4.79 Å². The summed E-state index contributed by atoms with van der Waals surface area (Å²) >= 11 is 0. The van der Waals surface area contributed by atoms with Gasteiger partial charge in [0.1, 0.15) is 19.0 Å². The predicted octanol–water partition coefficient (Wildman–Crippen LogP) is 4.69. The Bertz CT molecular complexity index is 940. The van der Waals surface area contributed by atoms with E-state index >= 15 is 0 Å². The summed E-state index contributed by atoms with van der Waals surface area (Å²) in [4.78, 5) is 24.0. The maximum absolute atomic E-state index is 12.1. The van der Waals surface area contributed by atoms with Gasteiger partial charge in [-0.2, -0.15) is 0 Å². The van der Waals surface area contributed by atoms with Gasteiger partial charge in [-0.05, 0) is 42.2 Å². The zero-order chi connectivity index (χ0) is 21.2. The van der Waals surface area contributed by atoms with E-state index in [-0.39, 0.29) is 12.4 Å². The summed E-state index contributed by atoms with van der Waals surface area (Å²) in [5.41, 5.74) is 2.86. The lowest BCUT2D eigenvalue weighted by atomic mass is 10.0. The van der Waals surface area contributed by atoms with Crippen molar-refractivity contribution in [2.24, 2.45) is 0 Å². The molecule has 0 saturated heterocycles. The molecule has 0 heterocycles. The average molecular weight is 403 g/mol. The van der Waals surface area contributed by atoms with Gasteiger partial charge in [-0.25, -0.2) is 4.79 Å². The number of ether oxygens (including phenoxy) is 2. The summed E-state index contributed by atoms with van der Waals surface area (Å²) in [6, 6.07) is 26.2. The second kappa shape index (κ2) is 10.8. The third-order valence-electron chi connectivity index (χ3n) is 4.61. The van der Waals surface area contributed by atoms with Crippen LogP contribution >= 0.6 is 0 Å². The molecule has 1 atom stereocenters. The Labute approximate surface area is 176 Å². The Morgan fingerprint density at radius 3 is 1.93 bits per heavy atom. The van der Waals surface area contributed by atoms with Gasteiger partial charge in [-0.3, -0.25) is 4.79 Å². The molecule has 5 nitrogen and oxygen atoms in total. The molecule has 0 bridgehead atoms. The van der Waals surface area contributed by atoms with Gasteiger partial charge in [0.15, 0.2) is 5.78 Å². The van der Waals surface area contributed by atoms with Gasteiger partial charge in [0.25, 0.3) is 0 Å². The van der Waals surface area contributed by atoms with E-state index in [1.54, 1.807) is 0 Å². The number of benzene rings is 3. The molecule has 0 aliphatic heterocycles. The molecular formula is C25H25NO4. The number of ketones is 1. The fourth-order valence-electron chi connectivity index (χ4n) is 2.89. The van der Waals surface area contributed by atoms with Crippen molar-refractivity contribution in [1.82, 2.24) is 5.32 Å². The number of carbonyl (C=O) groups excluding carboxylic acids is 2. The third kappa shape index (κ3) is 6.78. The van der Waals surface area contributed by atoms with Crippen LogP contribution in [0.5, 0.6) is 5.75 Å². The number of rotatable bonds is 9. The number of hydrogen-bond acceptors (Lipinski definition) is 4. The minimum atomic E-state index is -0.614. The summed E-state index contributed by atoms with van der Waals surface area (Å²) in [5.74, 6) is 0.704. The molecule has 3 aromatic carbocycles. The van der Waals surface area contributed by atoms with E-state index in [0.717, 1.165) is 22.4 Å². The van der Waals surface area contributed by atoms with Crippen LogP contribution in [0, 0.1) is 0 Å². The second-order valence-corrected chi connectivity index (χ2v) is 6.99. The SMILES string of the molecule is CC(=O)C(Cc1ccccc1)NC(=O)OCc1ccc(COc2ccccc2)cc1. The molecule has 0 spiro atoms. The van der Waals surface area contributed by atoms with Crippen molar-refractivity contribution in [3.05, 3.63) is 102 Å². The van der Waals surface area contributed by atoms with Crippen LogP contribution in [0.1, 0.15) is 23.6 Å². The zero-order valence-electron chi connectivity index (χ0n) is 16.9. The average Bonchev–Trinajstić information content (AvgIpc) is 2.78. The molecule has 1 unspecified atom stereocenters. The van der Waals surface area contributed by atoms with Crippen molar-refractivity contribution >= 4 is 11.9 Å². The van der Waals surface area contributed by atoms with Crippen LogP contribution in [0.3, 0.4) is 0 Å². The van der Waals surface area contributed by atoms with Gasteiger partial charge in [0.05, 0.1) is 6.04 Å². The van der Waals surface area contributed by atoms with Gasteiger partial charge in [-0.1, -0.05) is 72.8 Å². The second-order valence-electron chi connectivity index (χ2n) is 6.99. The van der Waals surface area contributed by atoms with Gasteiger partial charge in [-0.15, -0.1) is 0 Å². The number of nitrogens with one attached hydrogen (secondary N) is 1. The van der Waals surface area contributed by atoms with Gasteiger partial charge in [0, 0.05) is 0 Å². The molecule has 1 amide bonds. The van der Waals surface area contributed by atoms with Crippen molar-refractivity contribution in [3.63, 3.8) is 0 Å². The normalized spacial score (nSPS) is 11.4. The lowest BCUT2D eigenvalue weighted by molar-refractivity contribution is -0.118. The van der Waals surface area contributed by atoms with E-state index in [0.29, 0.717) is 13.0 Å². The molecular weight excluding hydrogens is 378 g/mol. The quantitative estimate of drug-likeness (QED) is 0.563. The summed E-state index contributed by atoms with van der Waals surface area (Å²) in [6.07, 6.45) is -0.177. The van der Waals surface area contributed by atoms with Gasteiger partial charge < -0.3 is 14.8 Å². The van der Waals surface area contributed by atoms with Crippen molar-refractivity contribution in [3.8, 4) is 5.75 Å². The minimum Gasteiger partial charge on any atom is -0.489 e. The molecule has 0 aliphatic carbocycles. The standard InChI is InChI=1S/C25H25NO4/c1-19(27)24(16-20-8-4-2-5-9-20)26-25(28)30-18-22-14-12-21(13-15-22)17-29-23-10-6-3-7-11-23/h2-15,24H,16-18H2,1H3,(H,26,28). The molecule has 154 valence electrons. The molecule has 0 aromatic heterocycles. The maximum atomic E-state index is 12.1. The van der Waals surface area contributed by atoms with E-state index in [1.807, 2.05) is 84.9 Å². The first-order valence-electron chi connectivity index (χ1n) is 9.83. The highest BCUT2D eigenvalue weighted by Gasteiger charge is 2.18. The van der Waals surface area contributed by atoms with Crippen LogP contribution in [-0.2, 0) is 29.2 Å². The Hall–Kier alpha value is -3.60. The molecule has 30 heavy (non-hydrogen) atoms. The molecule has 1 N–H and O–H groups in total. The van der Waals surface area contributed by atoms with Gasteiger partial charge >= 0.3 is 6.09 Å². The summed E-state index contributed by atoms with van der Waals surface area (Å²) in [6.45, 7) is 2.05. The van der Waals surface area contributed by atoms with Crippen molar-refractivity contribution in [2.75, 3.05) is 0 Å². The molecule has 5 heteroatoms. The smallest absolute Gasteiger partial charge is 0.408 e. The molecule has 0 aliphatic rings. The summed E-state index contributed by atoms with van der Waals surface area (Å²) < 4.78 is 11.0. The number of hydrogen-bond donors (Lipinski definition) is 1. The Balaban J connectivity index is 1.45. The molecule has 0 fully saturated rings. The zero-order valence-corrected chi connectivity index (χ0v) is 16.9. The largest absolute Gasteiger partial charge is 0.489 e. The number of para-hydroxylation sites is 1. The third-order valence-corrected chi connectivity index (χ3v) is 4.61. The van der Waals surface area contributed by atoms with E-state index in [2.05, 4.69) is 5.32 Å². The van der Waals surface area contributed by atoms with E-state index < -0.39 is 12.1 Å². The lowest BCUT2D eigenvalue weighted by Gasteiger charge is -2.16. The first kappa shape index (κ1) is 21.1. The van der Waals surface area contributed by atoms with Crippen LogP contribution in [0.15, 0.2) is 84.9 Å². The van der Waals surface area contributed by atoms with E-state index in [1.165, 1.54) is 6.92 Å². The lowest BCUT2D eigenvalue weighted by Crippen LogP contribution is -2.41. The summed E-state index contributed by atoms with van der Waals surface area (Å²) in [7, 11) is 0. The fourth-order valence-corrected chi connectivity index (χ4v) is 2.89. The Morgan fingerprint density at radius 1 is 0.767 bits per heavy atom. The van der Waals surface area contributed by atoms with E-state index in [4.69, 9.17) is 9.47 Å². The monoisotopic (exact) mass is 403 g/mol. The molecule has 0 radical (unpaired) electrons. The van der Waals surface area contributed by atoms with Crippen molar-refractivity contribution in [2.45, 2.75) is 32.6 Å². The highest BCUT2D eigenvalue weighted by Crippen LogP contribution is 2.13. The van der Waals surface area contributed by atoms with E-state index in [9.17, 15) is 9.59 Å². The Kier molecular flexibility index (Phi) is 7.61.